The summed E-state index contributed by atoms with van der Waals surface area (Å²) in [5.41, 5.74) is 6.43. The molecule has 0 saturated heterocycles. The lowest BCUT2D eigenvalue weighted by atomic mass is 10.3. The fourth-order valence-electron chi connectivity index (χ4n) is 0.768. The zero-order valence-corrected chi connectivity index (χ0v) is 7.95. The molecule has 1 atom stereocenters. The molecule has 0 aliphatic heterocycles. The quantitative estimate of drug-likeness (QED) is 0.740. The normalized spacial score (nSPS) is 13.4. The topological polar surface area (TPSA) is 38.9 Å². The SMILES string of the molecule is CC(Cl)c1nc(CCN)cs1. The number of thiazole rings is 1. The van der Waals surface area contributed by atoms with Crippen molar-refractivity contribution in [2.75, 3.05) is 6.54 Å². The Labute approximate surface area is 75.4 Å². The summed E-state index contributed by atoms with van der Waals surface area (Å²) in [6.45, 7) is 2.58. The molecule has 1 aromatic heterocycles. The van der Waals surface area contributed by atoms with Crippen LogP contribution in [0.2, 0.25) is 0 Å². The summed E-state index contributed by atoms with van der Waals surface area (Å²) in [4.78, 5) is 4.31. The summed E-state index contributed by atoms with van der Waals surface area (Å²) < 4.78 is 0. The van der Waals surface area contributed by atoms with Gasteiger partial charge in [0, 0.05) is 11.8 Å². The number of hydrogen-bond acceptors (Lipinski definition) is 3. The van der Waals surface area contributed by atoms with Crippen LogP contribution in [0.4, 0.5) is 0 Å². The molecule has 0 amide bonds. The van der Waals surface area contributed by atoms with Crippen LogP contribution in [0.15, 0.2) is 5.38 Å². The van der Waals surface area contributed by atoms with Gasteiger partial charge in [0.2, 0.25) is 0 Å². The van der Waals surface area contributed by atoms with Crippen molar-refractivity contribution >= 4 is 22.9 Å². The number of rotatable bonds is 3. The van der Waals surface area contributed by atoms with Gasteiger partial charge in [0.05, 0.1) is 11.1 Å². The third-order valence-electron chi connectivity index (χ3n) is 1.31. The van der Waals surface area contributed by atoms with Gasteiger partial charge in [-0.15, -0.1) is 22.9 Å². The van der Waals surface area contributed by atoms with Gasteiger partial charge in [-0.25, -0.2) is 4.98 Å². The molecule has 1 rings (SSSR count). The van der Waals surface area contributed by atoms with Crippen molar-refractivity contribution in [2.24, 2.45) is 5.73 Å². The molecule has 0 radical (unpaired) electrons. The summed E-state index contributed by atoms with van der Waals surface area (Å²) in [6.07, 6.45) is 0.847. The molecule has 0 fully saturated rings. The first-order chi connectivity index (χ1) is 5.24. The Kier molecular flexibility index (Phi) is 3.30. The van der Waals surface area contributed by atoms with Crippen molar-refractivity contribution in [3.8, 4) is 0 Å². The maximum absolute atomic E-state index is 5.83. The van der Waals surface area contributed by atoms with E-state index >= 15 is 0 Å². The maximum atomic E-state index is 5.83. The van der Waals surface area contributed by atoms with Crippen LogP contribution < -0.4 is 5.73 Å². The standard InChI is InChI=1S/C7H11ClN2S/c1-5(8)7-10-6(2-3-9)4-11-7/h4-5H,2-3,9H2,1H3. The van der Waals surface area contributed by atoms with E-state index in [0.717, 1.165) is 17.1 Å². The number of halogens is 1. The van der Waals surface area contributed by atoms with Crippen LogP contribution >= 0.6 is 22.9 Å². The van der Waals surface area contributed by atoms with Gasteiger partial charge >= 0.3 is 0 Å². The Balaban J connectivity index is 2.66. The predicted octanol–water partition coefficient (Wildman–Crippen LogP) is 1.94. The Morgan fingerprint density at radius 1 is 1.82 bits per heavy atom. The number of nitrogens with zero attached hydrogens (tertiary/aromatic N) is 1. The van der Waals surface area contributed by atoms with Crippen LogP contribution in [-0.2, 0) is 6.42 Å². The van der Waals surface area contributed by atoms with E-state index in [1.807, 2.05) is 12.3 Å². The molecular weight excluding hydrogens is 180 g/mol. The van der Waals surface area contributed by atoms with Crippen molar-refractivity contribution in [1.82, 2.24) is 4.98 Å². The second kappa shape index (κ2) is 4.04. The number of hydrogen-bond donors (Lipinski definition) is 1. The lowest BCUT2D eigenvalue weighted by molar-refractivity contribution is 0.913. The minimum Gasteiger partial charge on any atom is -0.330 e. The Hall–Kier alpha value is -0.120. The Bertz CT molecular complexity index is 222. The summed E-state index contributed by atoms with van der Waals surface area (Å²) in [6, 6.07) is 0. The van der Waals surface area contributed by atoms with Gasteiger partial charge in [-0.3, -0.25) is 0 Å². The van der Waals surface area contributed by atoms with E-state index in [4.69, 9.17) is 17.3 Å². The zero-order valence-electron chi connectivity index (χ0n) is 6.38. The average Bonchev–Trinajstić information content (AvgIpc) is 2.37. The van der Waals surface area contributed by atoms with Crippen molar-refractivity contribution in [3.63, 3.8) is 0 Å². The van der Waals surface area contributed by atoms with Gasteiger partial charge in [-0.05, 0) is 13.5 Å². The van der Waals surface area contributed by atoms with Crippen LogP contribution in [0.1, 0.15) is 23.0 Å². The van der Waals surface area contributed by atoms with Crippen molar-refractivity contribution in [2.45, 2.75) is 18.7 Å². The highest BCUT2D eigenvalue weighted by Crippen LogP contribution is 2.22. The van der Waals surface area contributed by atoms with Gasteiger partial charge in [0.25, 0.3) is 0 Å². The van der Waals surface area contributed by atoms with E-state index < -0.39 is 0 Å². The fraction of sp³-hybridized carbons (Fsp3) is 0.571. The van der Waals surface area contributed by atoms with Crippen molar-refractivity contribution in [1.29, 1.82) is 0 Å². The van der Waals surface area contributed by atoms with E-state index in [2.05, 4.69) is 4.98 Å². The van der Waals surface area contributed by atoms with Gasteiger partial charge < -0.3 is 5.73 Å². The number of alkyl halides is 1. The van der Waals surface area contributed by atoms with Gasteiger partial charge in [0.1, 0.15) is 5.01 Å². The molecule has 1 heterocycles. The van der Waals surface area contributed by atoms with E-state index in [0.29, 0.717) is 6.54 Å². The summed E-state index contributed by atoms with van der Waals surface area (Å²) in [5, 5.41) is 3.02. The highest BCUT2D eigenvalue weighted by molar-refractivity contribution is 7.10. The van der Waals surface area contributed by atoms with E-state index in [-0.39, 0.29) is 5.38 Å². The molecule has 0 aliphatic carbocycles. The first-order valence-electron chi connectivity index (χ1n) is 3.52. The molecule has 1 aromatic rings. The second-order valence-corrected chi connectivity index (χ2v) is 3.88. The monoisotopic (exact) mass is 190 g/mol. The average molecular weight is 191 g/mol. The third kappa shape index (κ3) is 2.43. The second-order valence-electron chi connectivity index (χ2n) is 2.33. The van der Waals surface area contributed by atoms with E-state index in [1.165, 1.54) is 0 Å². The molecular formula is C7H11ClN2S. The summed E-state index contributed by atoms with van der Waals surface area (Å²) in [5.74, 6) is 0. The fourth-order valence-corrected chi connectivity index (χ4v) is 1.76. The minimum atomic E-state index is 0.0199. The molecule has 4 heteroatoms. The predicted molar refractivity (Wildman–Crippen MR) is 49.1 cm³/mol. The zero-order chi connectivity index (χ0) is 8.27. The third-order valence-corrected chi connectivity index (χ3v) is 2.72. The van der Waals surface area contributed by atoms with Crippen LogP contribution in [0.5, 0.6) is 0 Å². The first-order valence-corrected chi connectivity index (χ1v) is 4.84. The summed E-state index contributed by atoms with van der Waals surface area (Å²) in [7, 11) is 0. The molecule has 2 nitrogen and oxygen atoms in total. The largest absolute Gasteiger partial charge is 0.330 e. The van der Waals surface area contributed by atoms with Crippen molar-refractivity contribution in [3.05, 3.63) is 16.1 Å². The molecule has 0 saturated carbocycles. The highest BCUT2D eigenvalue weighted by Gasteiger charge is 2.05. The molecule has 0 aromatic carbocycles. The van der Waals surface area contributed by atoms with Crippen LogP contribution in [0.3, 0.4) is 0 Å². The Morgan fingerprint density at radius 3 is 3.00 bits per heavy atom. The molecule has 62 valence electrons. The van der Waals surface area contributed by atoms with Gasteiger partial charge in [-0.1, -0.05) is 0 Å². The Morgan fingerprint density at radius 2 is 2.55 bits per heavy atom. The highest BCUT2D eigenvalue weighted by atomic mass is 35.5. The molecule has 1 unspecified atom stereocenters. The van der Waals surface area contributed by atoms with Crippen LogP contribution in [0.25, 0.3) is 0 Å². The minimum absolute atomic E-state index is 0.0199. The van der Waals surface area contributed by atoms with Gasteiger partial charge in [-0.2, -0.15) is 0 Å². The lowest BCUT2D eigenvalue weighted by Gasteiger charge is -1.93. The molecule has 0 bridgehead atoms. The summed E-state index contributed by atoms with van der Waals surface area (Å²) >= 11 is 7.43. The maximum Gasteiger partial charge on any atom is 0.110 e. The van der Waals surface area contributed by atoms with Crippen LogP contribution in [-0.4, -0.2) is 11.5 Å². The molecule has 11 heavy (non-hydrogen) atoms. The number of nitrogens with two attached hydrogens (primary N) is 1. The smallest absolute Gasteiger partial charge is 0.110 e. The van der Waals surface area contributed by atoms with E-state index in [1.54, 1.807) is 11.3 Å². The van der Waals surface area contributed by atoms with Crippen molar-refractivity contribution < 1.29 is 0 Å². The number of aromatic nitrogens is 1. The lowest BCUT2D eigenvalue weighted by Crippen LogP contribution is -2.02. The first kappa shape index (κ1) is 8.97. The van der Waals surface area contributed by atoms with Gasteiger partial charge in [0.15, 0.2) is 0 Å². The van der Waals surface area contributed by atoms with E-state index in [9.17, 15) is 0 Å². The molecule has 0 spiro atoms. The molecule has 0 aliphatic rings. The van der Waals surface area contributed by atoms with Crippen LogP contribution in [0, 0.1) is 0 Å². The molecule has 2 N–H and O–H groups in total.